The van der Waals surface area contributed by atoms with Gasteiger partial charge in [-0.1, -0.05) is 6.07 Å². The third kappa shape index (κ3) is 5.50. The molecule has 1 heterocycles. The highest BCUT2D eigenvalue weighted by Gasteiger charge is 2.30. The molecule has 2 aromatic carbocycles. The standard InChI is InChI=1S/C21H21F3N2O4/c22-21(23,24)15-3-1-4-18(11-15)30-13-17(27)12-25-20(29)14-6-8-16(9-7-14)26-10-2-5-19(26)28/h1,3-4,6-9,11,17,27H,2,5,10,12-13H2,(H,25,29). The monoisotopic (exact) mass is 422 g/mol. The molecule has 1 saturated heterocycles. The van der Waals surface area contributed by atoms with Crippen LogP contribution in [0.4, 0.5) is 18.9 Å². The van der Waals surface area contributed by atoms with E-state index in [0.29, 0.717) is 18.5 Å². The Balaban J connectivity index is 1.47. The zero-order chi connectivity index (χ0) is 21.7. The first-order chi connectivity index (χ1) is 14.2. The van der Waals surface area contributed by atoms with E-state index in [0.717, 1.165) is 24.2 Å². The minimum Gasteiger partial charge on any atom is -0.491 e. The van der Waals surface area contributed by atoms with Gasteiger partial charge >= 0.3 is 6.18 Å². The maximum Gasteiger partial charge on any atom is 0.416 e. The second-order valence-corrected chi connectivity index (χ2v) is 6.90. The minimum atomic E-state index is -4.48. The molecule has 9 heteroatoms. The molecule has 2 amide bonds. The largest absolute Gasteiger partial charge is 0.491 e. The SMILES string of the molecule is O=C(NCC(O)COc1cccc(C(F)(F)F)c1)c1ccc(N2CCCC2=O)cc1. The Labute approximate surface area is 171 Å². The molecule has 160 valence electrons. The number of amides is 2. The fraction of sp³-hybridized carbons (Fsp3) is 0.333. The van der Waals surface area contributed by atoms with E-state index >= 15 is 0 Å². The van der Waals surface area contributed by atoms with Crippen molar-refractivity contribution in [1.29, 1.82) is 0 Å². The first kappa shape index (κ1) is 21.6. The molecule has 1 aliphatic heterocycles. The predicted molar refractivity (Wildman–Crippen MR) is 103 cm³/mol. The third-order valence-corrected chi connectivity index (χ3v) is 4.62. The Hall–Kier alpha value is -3.07. The molecule has 0 bridgehead atoms. The average molecular weight is 422 g/mol. The molecule has 3 rings (SSSR count). The Morgan fingerprint density at radius 1 is 1.20 bits per heavy atom. The van der Waals surface area contributed by atoms with Gasteiger partial charge in [0.25, 0.3) is 5.91 Å². The normalized spacial score (nSPS) is 15.2. The number of nitrogens with zero attached hydrogens (tertiary/aromatic N) is 1. The summed E-state index contributed by atoms with van der Waals surface area (Å²) in [5.74, 6) is -0.397. The van der Waals surface area contributed by atoms with Crippen LogP contribution in [0, 0.1) is 0 Å². The van der Waals surface area contributed by atoms with E-state index in [1.54, 1.807) is 29.2 Å². The number of nitrogens with one attached hydrogen (secondary N) is 1. The van der Waals surface area contributed by atoms with Crippen LogP contribution < -0.4 is 15.0 Å². The van der Waals surface area contributed by atoms with Crippen molar-refractivity contribution in [2.24, 2.45) is 0 Å². The first-order valence-electron chi connectivity index (χ1n) is 9.41. The summed E-state index contributed by atoms with van der Waals surface area (Å²) in [4.78, 5) is 25.6. The Morgan fingerprint density at radius 2 is 1.93 bits per heavy atom. The van der Waals surface area contributed by atoms with Crippen molar-refractivity contribution in [3.8, 4) is 5.75 Å². The Kier molecular flexibility index (Phi) is 6.61. The van der Waals surface area contributed by atoms with E-state index in [9.17, 15) is 27.9 Å². The van der Waals surface area contributed by atoms with Gasteiger partial charge in [0.15, 0.2) is 0 Å². The number of carbonyl (C=O) groups excluding carboxylic acids is 2. The van der Waals surface area contributed by atoms with Crippen LogP contribution in [0.1, 0.15) is 28.8 Å². The Morgan fingerprint density at radius 3 is 2.57 bits per heavy atom. The maximum atomic E-state index is 12.7. The molecular formula is C21H21F3N2O4. The third-order valence-electron chi connectivity index (χ3n) is 4.62. The summed E-state index contributed by atoms with van der Waals surface area (Å²) in [6.45, 7) is 0.240. The van der Waals surface area contributed by atoms with E-state index in [4.69, 9.17) is 4.74 Å². The van der Waals surface area contributed by atoms with Crippen molar-refractivity contribution in [1.82, 2.24) is 5.32 Å². The van der Waals surface area contributed by atoms with Gasteiger partial charge in [-0.05, 0) is 48.9 Å². The minimum absolute atomic E-state index is 0.0257. The quantitative estimate of drug-likeness (QED) is 0.719. The second-order valence-electron chi connectivity index (χ2n) is 6.90. The fourth-order valence-corrected chi connectivity index (χ4v) is 3.04. The number of hydrogen-bond acceptors (Lipinski definition) is 4. The number of rotatable bonds is 7. The lowest BCUT2D eigenvalue weighted by Crippen LogP contribution is -2.35. The van der Waals surface area contributed by atoms with Gasteiger partial charge in [-0.25, -0.2) is 0 Å². The van der Waals surface area contributed by atoms with Crippen molar-refractivity contribution in [2.45, 2.75) is 25.1 Å². The summed E-state index contributed by atoms with van der Waals surface area (Å²) in [5.41, 5.74) is 0.238. The molecule has 0 saturated carbocycles. The summed E-state index contributed by atoms with van der Waals surface area (Å²) < 4.78 is 43.3. The number of halogens is 3. The topological polar surface area (TPSA) is 78.9 Å². The molecule has 0 aromatic heterocycles. The number of aliphatic hydroxyl groups excluding tert-OH is 1. The van der Waals surface area contributed by atoms with Gasteiger partial charge in [-0.3, -0.25) is 9.59 Å². The number of anilines is 1. The molecule has 1 aliphatic rings. The number of hydrogen-bond donors (Lipinski definition) is 2. The van der Waals surface area contributed by atoms with Crippen LogP contribution in [-0.2, 0) is 11.0 Å². The molecule has 1 atom stereocenters. The molecular weight excluding hydrogens is 401 g/mol. The Bertz CT molecular complexity index is 900. The molecule has 0 spiro atoms. The van der Waals surface area contributed by atoms with Crippen molar-refractivity contribution in [2.75, 3.05) is 24.6 Å². The molecule has 1 fully saturated rings. The van der Waals surface area contributed by atoms with Crippen molar-refractivity contribution < 1.29 is 32.6 Å². The highest BCUT2D eigenvalue weighted by Crippen LogP contribution is 2.31. The van der Waals surface area contributed by atoms with Crippen LogP contribution in [0.3, 0.4) is 0 Å². The number of aliphatic hydroxyl groups is 1. The second kappa shape index (κ2) is 9.17. The van der Waals surface area contributed by atoms with Crippen LogP contribution in [0.5, 0.6) is 5.75 Å². The number of ether oxygens (including phenoxy) is 1. The lowest BCUT2D eigenvalue weighted by atomic mass is 10.2. The molecule has 0 radical (unpaired) electrons. The molecule has 30 heavy (non-hydrogen) atoms. The summed E-state index contributed by atoms with van der Waals surface area (Å²) in [6.07, 6.45) is -4.27. The lowest BCUT2D eigenvalue weighted by molar-refractivity contribution is -0.137. The van der Waals surface area contributed by atoms with Crippen molar-refractivity contribution in [3.05, 3.63) is 59.7 Å². The van der Waals surface area contributed by atoms with E-state index in [-0.39, 0.29) is 24.8 Å². The number of benzene rings is 2. The van der Waals surface area contributed by atoms with E-state index in [1.807, 2.05) is 0 Å². The van der Waals surface area contributed by atoms with Gasteiger partial charge in [0.1, 0.15) is 18.5 Å². The number of carbonyl (C=O) groups is 2. The highest BCUT2D eigenvalue weighted by molar-refractivity contribution is 5.97. The molecule has 6 nitrogen and oxygen atoms in total. The first-order valence-corrected chi connectivity index (χ1v) is 9.41. The van der Waals surface area contributed by atoms with Crippen LogP contribution >= 0.6 is 0 Å². The van der Waals surface area contributed by atoms with Gasteiger partial charge in [-0.2, -0.15) is 13.2 Å². The van der Waals surface area contributed by atoms with Gasteiger partial charge in [0.05, 0.1) is 5.56 Å². The highest BCUT2D eigenvalue weighted by atomic mass is 19.4. The van der Waals surface area contributed by atoms with E-state index < -0.39 is 23.8 Å². The summed E-state index contributed by atoms with van der Waals surface area (Å²) in [5, 5.41) is 12.5. The summed E-state index contributed by atoms with van der Waals surface area (Å²) in [6, 6.07) is 10.9. The molecule has 1 unspecified atom stereocenters. The fourth-order valence-electron chi connectivity index (χ4n) is 3.04. The smallest absolute Gasteiger partial charge is 0.416 e. The average Bonchev–Trinajstić information content (AvgIpc) is 3.16. The summed E-state index contributed by atoms with van der Waals surface area (Å²) in [7, 11) is 0. The van der Waals surface area contributed by atoms with Crippen molar-refractivity contribution >= 4 is 17.5 Å². The predicted octanol–water partition coefficient (Wildman–Crippen LogP) is 3.00. The maximum absolute atomic E-state index is 12.7. The lowest BCUT2D eigenvalue weighted by Gasteiger charge is -2.16. The summed E-state index contributed by atoms with van der Waals surface area (Å²) >= 11 is 0. The molecule has 2 aromatic rings. The van der Waals surface area contributed by atoms with Crippen LogP contribution in [0.15, 0.2) is 48.5 Å². The molecule has 0 aliphatic carbocycles. The zero-order valence-corrected chi connectivity index (χ0v) is 16.0. The zero-order valence-electron chi connectivity index (χ0n) is 16.0. The van der Waals surface area contributed by atoms with Crippen LogP contribution in [-0.4, -0.2) is 42.7 Å². The van der Waals surface area contributed by atoms with Crippen molar-refractivity contribution in [3.63, 3.8) is 0 Å². The van der Waals surface area contributed by atoms with Gasteiger partial charge in [-0.15, -0.1) is 0 Å². The van der Waals surface area contributed by atoms with Gasteiger partial charge < -0.3 is 20.1 Å². The van der Waals surface area contributed by atoms with Gasteiger partial charge in [0, 0.05) is 30.8 Å². The van der Waals surface area contributed by atoms with E-state index in [1.165, 1.54) is 12.1 Å². The number of alkyl halides is 3. The van der Waals surface area contributed by atoms with E-state index in [2.05, 4.69) is 5.32 Å². The van der Waals surface area contributed by atoms with Crippen LogP contribution in [0.25, 0.3) is 0 Å². The van der Waals surface area contributed by atoms with Crippen LogP contribution in [0.2, 0.25) is 0 Å². The van der Waals surface area contributed by atoms with Gasteiger partial charge in [0.2, 0.25) is 5.91 Å². The molecule has 2 N–H and O–H groups in total.